The van der Waals surface area contributed by atoms with Crippen molar-refractivity contribution in [1.29, 1.82) is 0 Å². The lowest BCUT2D eigenvalue weighted by Crippen LogP contribution is -2.44. The fraction of sp³-hybridized carbons (Fsp3) is 0.0769. The first kappa shape index (κ1) is 30.7. The van der Waals surface area contributed by atoms with Gasteiger partial charge in [-0.05, 0) is 0 Å². The number of fused-ring (bicyclic) bond motifs is 6. The fourth-order valence-electron chi connectivity index (χ4n) is 5.64. The van der Waals surface area contributed by atoms with E-state index in [9.17, 15) is 52.7 Å². The van der Waals surface area contributed by atoms with Gasteiger partial charge < -0.3 is 0 Å². The van der Waals surface area contributed by atoms with Crippen LogP contribution in [0.2, 0.25) is 0 Å². The third-order valence-electron chi connectivity index (χ3n) is 7.42. The van der Waals surface area contributed by atoms with Crippen LogP contribution in [0.4, 0.5) is 79.0 Å². The molecule has 0 spiro atoms. The van der Waals surface area contributed by atoms with Crippen LogP contribution in [0, 0.1) is 93.1 Å². The molecule has 4 aromatic rings. The summed E-state index contributed by atoms with van der Waals surface area (Å²) in [5.74, 6) is -47.6. The van der Waals surface area contributed by atoms with E-state index in [-0.39, 0.29) is 0 Å². The highest BCUT2D eigenvalue weighted by Crippen LogP contribution is 2.61. The van der Waals surface area contributed by atoms with Crippen molar-refractivity contribution in [2.75, 3.05) is 0 Å². The Kier molecular flexibility index (Phi) is 6.22. The molecule has 0 atom stereocenters. The summed E-state index contributed by atoms with van der Waals surface area (Å²) >= 11 is 0. The van der Waals surface area contributed by atoms with E-state index in [1.165, 1.54) is 0 Å². The van der Waals surface area contributed by atoms with Crippen molar-refractivity contribution in [2.24, 2.45) is 0 Å². The maximum absolute atomic E-state index is 17.1. The lowest BCUT2D eigenvalue weighted by molar-refractivity contribution is 0.258. The summed E-state index contributed by atoms with van der Waals surface area (Å²) in [6.07, 6.45) is 0. The first-order chi connectivity index (χ1) is 20.8. The first-order valence-electron chi connectivity index (χ1n) is 11.5. The molecule has 2 aliphatic carbocycles. The predicted octanol–water partition coefficient (Wildman–Crippen LogP) is 8.62. The van der Waals surface area contributed by atoms with Gasteiger partial charge in [0.15, 0.2) is 93.1 Å². The Morgan fingerprint density at radius 1 is 0.244 bits per heavy atom. The molecule has 19 heteroatoms. The third kappa shape index (κ3) is 3.35. The van der Waals surface area contributed by atoms with Crippen molar-refractivity contribution in [3.8, 4) is 22.3 Å². The fourth-order valence-corrected chi connectivity index (χ4v) is 5.64. The van der Waals surface area contributed by atoms with Crippen LogP contribution >= 0.6 is 0 Å². The van der Waals surface area contributed by atoms with Crippen molar-refractivity contribution < 1.29 is 79.0 Å². The number of rotatable bonds is 2. The van der Waals surface area contributed by atoms with E-state index in [2.05, 4.69) is 0 Å². The van der Waals surface area contributed by atoms with Crippen LogP contribution in [0.3, 0.4) is 0 Å². The van der Waals surface area contributed by atoms with Gasteiger partial charge in [-0.25, -0.2) is 79.0 Å². The SMILES string of the molecule is Fc1c(F)c(F)c2c(c1F)-c1c(F)c(F)c(F)c(F)c1C2(F)[B]C1(F)c2c(F)c(F)c(F)c(F)c2-c2c(F)c(F)c(F)c(F)c21. The van der Waals surface area contributed by atoms with Gasteiger partial charge in [-0.1, -0.05) is 0 Å². The number of halogens is 18. The molecule has 0 unspecified atom stereocenters. The molecule has 0 fully saturated rings. The van der Waals surface area contributed by atoms with E-state index in [0.29, 0.717) is 0 Å². The monoisotopic (exact) mass is 665 g/mol. The van der Waals surface area contributed by atoms with Gasteiger partial charge in [0.2, 0.25) is 7.28 Å². The molecule has 4 aromatic carbocycles. The van der Waals surface area contributed by atoms with E-state index in [0.717, 1.165) is 0 Å². The van der Waals surface area contributed by atoms with Crippen molar-refractivity contribution in [3.05, 3.63) is 115 Å². The van der Waals surface area contributed by atoms with Crippen molar-refractivity contribution in [1.82, 2.24) is 0 Å². The molecular weight excluding hydrogens is 665 g/mol. The molecule has 0 aromatic heterocycles. The Morgan fingerprint density at radius 3 is 0.578 bits per heavy atom. The lowest BCUT2D eigenvalue weighted by Gasteiger charge is -2.31. The molecule has 2 aliphatic rings. The van der Waals surface area contributed by atoms with Crippen LogP contribution in [-0.2, 0) is 11.1 Å². The van der Waals surface area contributed by atoms with Crippen LogP contribution in [0.25, 0.3) is 22.3 Å². The molecule has 0 saturated carbocycles. The van der Waals surface area contributed by atoms with Crippen molar-refractivity contribution in [3.63, 3.8) is 0 Å². The predicted molar refractivity (Wildman–Crippen MR) is 113 cm³/mol. The van der Waals surface area contributed by atoms with E-state index >= 15 is 26.3 Å². The zero-order chi connectivity index (χ0) is 33.6. The Hall–Kier alpha value is -4.32. The summed E-state index contributed by atoms with van der Waals surface area (Å²) in [5, 5.41) is 0. The highest BCUT2D eigenvalue weighted by atomic mass is 19.2. The van der Waals surface area contributed by atoms with E-state index in [4.69, 9.17) is 0 Å². The van der Waals surface area contributed by atoms with Gasteiger partial charge >= 0.3 is 0 Å². The summed E-state index contributed by atoms with van der Waals surface area (Å²) in [4.78, 5) is 0. The van der Waals surface area contributed by atoms with Crippen LogP contribution in [0.1, 0.15) is 22.3 Å². The molecule has 6 rings (SSSR count). The third-order valence-corrected chi connectivity index (χ3v) is 7.42. The molecular formula is C26BF18. The Morgan fingerprint density at radius 2 is 0.400 bits per heavy atom. The lowest BCUT2D eigenvalue weighted by atomic mass is 9.45. The second kappa shape index (κ2) is 9.12. The Balaban J connectivity index is 1.83. The minimum Gasteiger partial charge on any atom is -0.244 e. The van der Waals surface area contributed by atoms with Crippen LogP contribution in [0.5, 0.6) is 0 Å². The van der Waals surface area contributed by atoms with Gasteiger partial charge in [0.1, 0.15) is 11.1 Å². The zero-order valence-corrected chi connectivity index (χ0v) is 20.4. The van der Waals surface area contributed by atoms with Crippen LogP contribution < -0.4 is 0 Å². The molecule has 0 heterocycles. The number of hydrogen-bond acceptors (Lipinski definition) is 0. The molecule has 0 bridgehead atoms. The highest BCUT2D eigenvalue weighted by Gasteiger charge is 2.63. The second-order valence-corrected chi connectivity index (χ2v) is 9.59. The number of benzene rings is 4. The minimum atomic E-state index is -5.20. The maximum Gasteiger partial charge on any atom is 0.236 e. The topological polar surface area (TPSA) is 0 Å². The van der Waals surface area contributed by atoms with Crippen LogP contribution in [-0.4, -0.2) is 7.28 Å². The van der Waals surface area contributed by atoms with Gasteiger partial charge in [-0.15, -0.1) is 0 Å². The van der Waals surface area contributed by atoms with Crippen molar-refractivity contribution in [2.45, 2.75) is 11.1 Å². The first-order valence-corrected chi connectivity index (χ1v) is 11.5. The molecule has 0 N–H and O–H groups in total. The van der Waals surface area contributed by atoms with Gasteiger partial charge in [0.25, 0.3) is 0 Å². The summed E-state index contributed by atoms with van der Waals surface area (Å²) in [7, 11) is -1.28. The second-order valence-electron chi connectivity index (χ2n) is 9.59. The summed E-state index contributed by atoms with van der Waals surface area (Å²) in [5.41, 5.74) is -30.2. The number of hydrogen-bond donors (Lipinski definition) is 0. The largest absolute Gasteiger partial charge is 0.244 e. The Bertz CT molecular complexity index is 1800. The molecule has 0 aliphatic heterocycles. The number of alkyl halides is 2. The summed E-state index contributed by atoms with van der Waals surface area (Å²) < 4.78 is 268. The standard InChI is InChI=1S/C26BF18/c28-9-1-2-6(14(33)22(41)18(37)10(2)29)25(44,5(1)13(32)21(40)17(9)36)27-26(45)7-3(11(30)19(38)23(42)15(7)34)4-8(26)16(35)24(43)20(39)12(4)31. The quantitative estimate of drug-likeness (QED) is 0.0872. The van der Waals surface area contributed by atoms with Gasteiger partial charge in [-0.2, -0.15) is 0 Å². The zero-order valence-electron chi connectivity index (χ0n) is 20.4. The molecule has 1 radical (unpaired) electrons. The molecule has 0 nitrogen and oxygen atoms in total. The normalized spacial score (nSPS) is 15.2. The summed E-state index contributed by atoms with van der Waals surface area (Å²) in [6, 6.07) is 0. The smallest absolute Gasteiger partial charge is 0.236 e. The van der Waals surface area contributed by atoms with Gasteiger partial charge in [-0.3, -0.25) is 0 Å². The van der Waals surface area contributed by atoms with E-state index in [1.807, 2.05) is 0 Å². The highest BCUT2D eigenvalue weighted by molar-refractivity contribution is 6.47. The van der Waals surface area contributed by atoms with Gasteiger partial charge in [0.05, 0.1) is 0 Å². The van der Waals surface area contributed by atoms with Gasteiger partial charge in [0, 0.05) is 44.5 Å². The van der Waals surface area contributed by atoms with E-state index < -0.39 is 156 Å². The van der Waals surface area contributed by atoms with Crippen molar-refractivity contribution >= 4 is 7.28 Å². The maximum atomic E-state index is 17.1. The average molecular weight is 665 g/mol. The molecule has 233 valence electrons. The minimum absolute atomic E-state index is 1.28. The average Bonchev–Trinajstić information content (AvgIpc) is 3.42. The van der Waals surface area contributed by atoms with E-state index in [1.54, 1.807) is 0 Å². The Labute approximate surface area is 235 Å². The molecule has 0 amide bonds. The van der Waals surface area contributed by atoms with Crippen LogP contribution in [0.15, 0.2) is 0 Å². The molecule has 45 heavy (non-hydrogen) atoms. The summed E-state index contributed by atoms with van der Waals surface area (Å²) in [6.45, 7) is 0. The molecule has 0 saturated heterocycles.